The Balaban J connectivity index is 2.13. The number of benzene rings is 1. The van der Waals surface area contributed by atoms with E-state index in [1.807, 2.05) is 6.92 Å². The summed E-state index contributed by atoms with van der Waals surface area (Å²) in [5.41, 5.74) is 0.649. The molecule has 0 aliphatic carbocycles. The first-order valence-electron chi connectivity index (χ1n) is 7.29. The highest BCUT2D eigenvalue weighted by molar-refractivity contribution is 7.16. The summed E-state index contributed by atoms with van der Waals surface area (Å²) in [6, 6.07) is 3.87. The van der Waals surface area contributed by atoms with Crippen molar-refractivity contribution in [2.45, 2.75) is 13.8 Å². The van der Waals surface area contributed by atoms with Gasteiger partial charge in [0.25, 0.3) is 5.91 Å². The summed E-state index contributed by atoms with van der Waals surface area (Å²) >= 11 is 6.96. The number of carbonyl (C=O) groups excluding carboxylic acids is 2. The lowest BCUT2D eigenvalue weighted by Gasteiger charge is -2.08. The Kier molecular flexibility index (Phi) is 6.17. The monoisotopic (exact) mass is 398 g/mol. The van der Waals surface area contributed by atoms with E-state index in [1.54, 1.807) is 6.92 Å². The molecule has 0 bridgehead atoms. The number of amides is 1. The van der Waals surface area contributed by atoms with Crippen molar-refractivity contribution in [3.8, 4) is 5.75 Å². The fraction of sp³-hybridized carbons (Fsp3) is 0.250. The molecular weight excluding hydrogens is 384 g/mol. The number of anilines is 1. The third-order valence-electron chi connectivity index (χ3n) is 3.50. The summed E-state index contributed by atoms with van der Waals surface area (Å²) in [5, 5.41) is 14.1. The van der Waals surface area contributed by atoms with Crippen molar-refractivity contribution in [1.82, 2.24) is 0 Å². The van der Waals surface area contributed by atoms with Crippen LogP contribution >= 0.6 is 22.9 Å². The highest BCUT2D eigenvalue weighted by atomic mass is 35.5. The molecule has 1 amide bonds. The van der Waals surface area contributed by atoms with Gasteiger partial charge in [0.1, 0.15) is 5.00 Å². The van der Waals surface area contributed by atoms with Crippen LogP contribution in [0, 0.1) is 24.0 Å². The number of nitrogens with zero attached hydrogens (tertiary/aromatic N) is 1. The average Bonchev–Trinajstić information content (AvgIpc) is 2.86. The molecule has 0 unspecified atom stereocenters. The standard InChI is InChI=1S/C16H15ClN2O6S/c1-8-9(2)26-15(14(8)16(21)24-3)18-13(20)7-25-12-5-4-10(17)6-11(12)19(22)23/h4-6H,7H2,1-3H3,(H,18,20). The summed E-state index contributed by atoms with van der Waals surface area (Å²) in [7, 11) is 1.25. The van der Waals surface area contributed by atoms with Crippen LogP contribution in [0.3, 0.4) is 0 Å². The lowest BCUT2D eigenvalue weighted by Crippen LogP contribution is -2.21. The maximum atomic E-state index is 12.1. The molecule has 2 rings (SSSR count). The van der Waals surface area contributed by atoms with E-state index in [9.17, 15) is 19.7 Å². The number of thiophene rings is 1. The summed E-state index contributed by atoms with van der Waals surface area (Å²) in [6.07, 6.45) is 0. The molecule has 0 atom stereocenters. The molecule has 0 spiro atoms. The normalized spacial score (nSPS) is 10.3. The van der Waals surface area contributed by atoms with Crippen LogP contribution in [0.25, 0.3) is 0 Å². The zero-order valence-electron chi connectivity index (χ0n) is 14.1. The van der Waals surface area contributed by atoms with Crippen molar-refractivity contribution in [3.05, 3.63) is 49.3 Å². The fourth-order valence-corrected chi connectivity index (χ4v) is 3.36. The molecule has 8 nitrogen and oxygen atoms in total. The first-order chi connectivity index (χ1) is 12.2. The lowest BCUT2D eigenvalue weighted by atomic mass is 10.1. The van der Waals surface area contributed by atoms with E-state index in [1.165, 1.54) is 30.6 Å². The zero-order valence-corrected chi connectivity index (χ0v) is 15.7. The smallest absolute Gasteiger partial charge is 0.341 e. The van der Waals surface area contributed by atoms with Gasteiger partial charge in [-0.25, -0.2) is 4.79 Å². The summed E-state index contributed by atoms with van der Waals surface area (Å²) < 4.78 is 9.96. The van der Waals surface area contributed by atoms with Crippen molar-refractivity contribution < 1.29 is 24.0 Å². The predicted molar refractivity (Wildman–Crippen MR) is 97.4 cm³/mol. The van der Waals surface area contributed by atoms with E-state index in [-0.39, 0.29) is 22.0 Å². The van der Waals surface area contributed by atoms with E-state index < -0.39 is 23.4 Å². The van der Waals surface area contributed by atoms with E-state index in [4.69, 9.17) is 21.1 Å². The maximum Gasteiger partial charge on any atom is 0.341 e. The molecule has 26 heavy (non-hydrogen) atoms. The first-order valence-corrected chi connectivity index (χ1v) is 8.49. The van der Waals surface area contributed by atoms with Crippen LogP contribution in [-0.4, -0.2) is 30.5 Å². The molecule has 10 heteroatoms. The topological polar surface area (TPSA) is 108 Å². The van der Waals surface area contributed by atoms with Crippen molar-refractivity contribution in [1.29, 1.82) is 0 Å². The molecule has 138 valence electrons. The zero-order chi connectivity index (χ0) is 19.4. The molecule has 1 aromatic heterocycles. The van der Waals surface area contributed by atoms with Gasteiger partial charge < -0.3 is 14.8 Å². The van der Waals surface area contributed by atoms with Crippen LogP contribution in [-0.2, 0) is 9.53 Å². The van der Waals surface area contributed by atoms with Gasteiger partial charge in [-0.1, -0.05) is 11.6 Å². The molecule has 0 aliphatic heterocycles. The van der Waals surface area contributed by atoms with Gasteiger partial charge in [0.2, 0.25) is 0 Å². The Morgan fingerprint density at radius 1 is 1.35 bits per heavy atom. The number of methoxy groups -OCH3 is 1. The molecule has 0 saturated heterocycles. The number of nitro groups is 1. The molecule has 2 aromatic rings. The van der Waals surface area contributed by atoms with Gasteiger partial charge in [0.15, 0.2) is 12.4 Å². The third kappa shape index (κ3) is 4.30. The number of hydrogen-bond acceptors (Lipinski definition) is 7. The second-order valence-electron chi connectivity index (χ2n) is 5.18. The second-order valence-corrected chi connectivity index (χ2v) is 6.85. The van der Waals surface area contributed by atoms with Crippen molar-refractivity contribution in [2.75, 3.05) is 19.0 Å². The van der Waals surface area contributed by atoms with E-state index >= 15 is 0 Å². The minimum atomic E-state index is -0.652. The molecule has 0 radical (unpaired) electrons. The molecule has 1 aromatic carbocycles. The van der Waals surface area contributed by atoms with Crippen LogP contribution in [0.15, 0.2) is 18.2 Å². The molecule has 0 aliphatic rings. The quantitative estimate of drug-likeness (QED) is 0.451. The predicted octanol–water partition coefficient (Wildman–Crippen LogP) is 3.73. The summed E-state index contributed by atoms with van der Waals surface area (Å²) in [4.78, 5) is 35.3. The molecule has 0 saturated carbocycles. The molecule has 1 heterocycles. The van der Waals surface area contributed by atoms with Gasteiger partial charge in [-0.15, -0.1) is 11.3 Å². The van der Waals surface area contributed by atoms with Gasteiger partial charge in [0.05, 0.1) is 17.6 Å². The Morgan fingerprint density at radius 2 is 2.04 bits per heavy atom. The number of carbonyl (C=O) groups is 2. The second kappa shape index (κ2) is 8.15. The van der Waals surface area contributed by atoms with E-state index in [0.717, 1.165) is 10.9 Å². The molecule has 1 N–H and O–H groups in total. The number of ether oxygens (including phenoxy) is 2. The fourth-order valence-electron chi connectivity index (χ4n) is 2.12. The van der Waals surface area contributed by atoms with Crippen LogP contribution in [0.5, 0.6) is 5.75 Å². The van der Waals surface area contributed by atoms with Crippen LogP contribution in [0.1, 0.15) is 20.8 Å². The molecule has 0 fully saturated rings. The Labute approximate surface area is 157 Å². The van der Waals surface area contributed by atoms with Gasteiger partial charge in [-0.3, -0.25) is 14.9 Å². The first kappa shape index (κ1) is 19.7. The van der Waals surface area contributed by atoms with Gasteiger partial charge in [-0.2, -0.15) is 0 Å². The van der Waals surface area contributed by atoms with Gasteiger partial charge in [0, 0.05) is 16.0 Å². The number of rotatable bonds is 6. The third-order valence-corrected chi connectivity index (χ3v) is 4.86. The van der Waals surface area contributed by atoms with Crippen molar-refractivity contribution >= 4 is 45.5 Å². The minimum absolute atomic E-state index is 0.0821. The number of hydrogen-bond donors (Lipinski definition) is 1. The highest BCUT2D eigenvalue weighted by Gasteiger charge is 2.22. The number of nitro benzene ring substituents is 1. The van der Waals surface area contributed by atoms with Gasteiger partial charge >= 0.3 is 11.7 Å². The number of aryl methyl sites for hydroxylation is 1. The average molecular weight is 399 g/mol. The summed E-state index contributed by atoms with van der Waals surface area (Å²) in [6.45, 7) is 3.09. The largest absolute Gasteiger partial charge is 0.477 e. The number of esters is 1. The Hall–Kier alpha value is -2.65. The number of nitrogens with one attached hydrogen (secondary N) is 1. The van der Waals surface area contributed by atoms with E-state index in [2.05, 4.69) is 5.32 Å². The van der Waals surface area contributed by atoms with Gasteiger partial charge in [-0.05, 0) is 31.5 Å². The lowest BCUT2D eigenvalue weighted by molar-refractivity contribution is -0.385. The van der Waals surface area contributed by atoms with Crippen molar-refractivity contribution in [2.24, 2.45) is 0 Å². The van der Waals surface area contributed by atoms with Crippen LogP contribution < -0.4 is 10.1 Å². The highest BCUT2D eigenvalue weighted by Crippen LogP contribution is 2.33. The van der Waals surface area contributed by atoms with Crippen LogP contribution in [0.2, 0.25) is 5.02 Å². The molecular formula is C16H15ClN2O6S. The van der Waals surface area contributed by atoms with E-state index in [0.29, 0.717) is 10.6 Å². The van der Waals surface area contributed by atoms with Crippen LogP contribution in [0.4, 0.5) is 10.7 Å². The maximum absolute atomic E-state index is 12.1. The SMILES string of the molecule is COC(=O)c1c(NC(=O)COc2ccc(Cl)cc2[N+](=O)[O-])sc(C)c1C. The summed E-state index contributed by atoms with van der Waals surface area (Å²) in [5.74, 6) is -1.21. The number of halogens is 1. The Morgan fingerprint density at radius 3 is 2.65 bits per heavy atom. The Bertz CT molecular complexity index is 880. The van der Waals surface area contributed by atoms with Crippen molar-refractivity contribution in [3.63, 3.8) is 0 Å². The minimum Gasteiger partial charge on any atom is -0.477 e.